The minimum atomic E-state index is 0.399. The van der Waals surface area contributed by atoms with Crippen molar-refractivity contribution in [1.82, 2.24) is 10.3 Å². The zero-order valence-electron chi connectivity index (χ0n) is 12.0. The lowest BCUT2D eigenvalue weighted by Crippen LogP contribution is -2.28. The largest absolute Gasteiger partial charge is 0.374 e. The van der Waals surface area contributed by atoms with Gasteiger partial charge in [0.15, 0.2) is 0 Å². The number of ether oxygens (including phenoxy) is 1. The first-order valence-corrected chi connectivity index (χ1v) is 7.52. The quantitative estimate of drug-likeness (QED) is 0.848. The van der Waals surface area contributed by atoms with Crippen molar-refractivity contribution in [2.24, 2.45) is 0 Å². The van der Waals surface area contributed by atoms with Crippen LogP contribution in [0.5, 0.6) is 0 Å². The van der Waals surface area contributed by atoms with Crippen molar-refractivity contribution in [3.05, 3.63) is 42.1 Å². The molecule has 1 saturated heterocycles. The van der Waals surface area contributed by atoms with E-state index in [1.807, 2.05) is 12.3 Å². The molecule has 3 nitrogen and oxygen atoms in total. The highest BCUT2D eigenvalue weighted by Crippen LogP contribution is 2.18. The Balaban J connectivity index is 1.52. The van der Waals surface area contributed by atoms with Crippen LogP contribution in [0.4, 0.5) is 0 Å². The molecule has 1 aliphatic rings. The van der Waals surface area contributed by atoms with Gasteiger partial charge in [0.05, 0.1) is 17.7 Å². The van der Waals surface area contributed by atoms with Gasteiger partial charge in [0.1, 0.15) is 0 Å². The normalized spacial score (nSPS) is 22.4. The Morgan fingerprint density at radius 2 is 2.15 bits per heavy atom. The Morgan fingerprint density at radius 1 is 1.25 bits per heavy atom. The number of benzene rings is 1. The maximum atomic E-state index is 5.81. The smallest absolute Gasteiger partial charge is 0.0734 e. The van der Waals surface area contributed by atoms with E-state index in [0.717, 1.165) is 25.0 Å². The summed E-state index contributed by atoms with van der Waals surface area (Å²) in [5, 5.41) is 4.73. The fourth-order valence-electron chi connectivity index (χ4n) is 2.89. The van der Waals surface area contributed by atoms with Crippen molar-refractivity contribution in [3.8, 4) is 0 Å². The Labute approximate surface area is 120 Å². The van der Waals surface area contributed by atoms with E-state index in [1.165, 1.54) is 23.8 Å². The predicted octanol–water partition coefficient (Wildman–Crippen LogP) is 2.93. The topological polar surface area (TPSA) is 34.2 Å². The van der Waals surface area contributed by atoms with Crippen molar-refractivity contribution in [1.29, 1.82) is 0 Å². The summed E-state index contributed by atoms with van der Waals surface area (Å²) in [6.45, 7) is 4.09. The highest BCUT2D eigenvalue weighted by atomic mass is 16.5. The van der Waals surface area contributed by atoms with Crippen molar-refractivity contribution < 1.29 is 4.74 Å². The lowest BCUT2D eigenvalue weighted by Gasteiger charge is -2.12. The third-order valence-electron chi connectivity index (χ3n) is 3.98. The van der Waals surface area contributed by atoms with E-state index < -0.39 is 0 Å². The first-order chi connectivity index (χ1) is 9.83. The second-order valence-electron chi connectivity index (χ2n) is 5.59. The summed E-state index contributed by atoms with van der Waals surface area (Å²) >= 11 is 0. The van der Waals surface area contributed by atoms with Gasteiger partial charge in [-0.25, -0.2) is 0 Å². The summed E-state index contributed by atoms with van der Waals surface area (Å²) in [7, 11) is 0. The molecule has 0 radical (unpaired) electrons. The van der Waals surface area contributed by atoms with Crippen LogP contribution in [0, 0.1) is 0 Å². The number of fused-ring (bicyclic) bond motifs is 1. The zero-order valence-corrected chi connectivity index (χ0v) is 12.0. The van der Waals surface area contributed by atoms with Crippen LogP contribution in [0.25, 0.3) is 10.9 Å². The van der Waals surface area contributed by atoms with Gasteiger partial charge in [0.2, 0.25) is 0 Å². The van der Waals surface area contributed by atoms with Crippen molar-refractivity contribution in [2.45, 2.75) is 38.4 Å². The number of rotatable bonds is 5. The van der Waals surface area contributed by atoms with Crippen molar-refractivity contribution >= 4 is 10.9 Å². The van der Waals surface area contributed by atoms with Gasteiger partial charge in [-0.3, -0.25) is 4.98 Å². The second-order valence-corrected chi connectivity index (χ2v) is 5.59. The first-order valence-electron chi connectivity index (χ1n) is 7.52. The summed E-state index contributed by atoms with van der Waals surface area (Å²) < 4.78 is 5.81. The monoisotopic (exact) mass is 270 g/mol. The van der Waals surface area contributed by atoms with Gasteiger partial charge in [-0.1, -0.05) is 24.3 Å². The molecule has 2 heterocycles. The Kier molecular flexibility index (Phi) is 4.28. The number of aromatic nitrogens is 1. The molecule has 2 aromatic rings. The number of nitrogens with one attached hydrogen (secondary N) is 1. The molecule has 1 fully saturated rings. The summed E-state index contributed by atoms with van der Waals surface area (Å²) in [6, 6.07) is 10.5. The first kappa shape index (κ1) is 13.5. The van der Waals surface area contributed by atoms with Crippen LogP contribution in [-0.4, -0.2) is 30.3 Å². The summed E-state index contributed by atoms with van der Waals surface area (Å²) in [5.74, 6) is 0. The Hall–Kier alpha value is -1.45. The van der Waals surface area contributed by atoms with Crippen molar-refractivity contribution in [2.75, 3.05) is 13.1 Å². The molecule has 3 rings (SSSR count). The Bertz CT molecular complexity index is 564. The standard InChI is InChI=1S/C17H22N2O/c1-13-7-8-16(20-13)12-18-11-9-15-5-2-4-14-6-3-10-19-17(14)15/h2-6,10,13,16,18H,7-9,11-12H2,1H3. The maximum Gasteiger partial charge on any atom is 0.0734 e. The SMILES string of the molecule is CC1CCC(CNCCc2cccc3cccnc23)O1. The lowest BCUT2D eigenvalue weighted by atomic mass is 10.1. The number of para-hydroxylation sites is 1. The molecule has 0 saturated carbocycles. The van der Waals surface area contributed by atoms with E-state index in [0.29, 0.717) is 12.2 Å². The number of hydrogen-bond acceptors (Lipinski definition) is 3. The summed E-state index contributed by atoms with van der Waals surface area (Å²) in [5.41, 5.74) is 2.44. The summed E-state index contributed by atoms with van der Waals surface area (Å²) in [4.78, 5) is 4.49. The number of hydrogen-bond donors (Lipinski definition) is 1. The van der Waals surface area contributed by atoms with Crippen molar-refractivity contribution in [3.63, 3.8) is 0 Å². The fraction of sp³-hybridized carbons (Fsp3) is 0.471. The third-order valence-corrected chi connectivity index (χ3v) is 3.98. The van der Waals surface area contributed by atoms with Gasteiger partial charge in [-0.2, -0.15) is 0 Å². The maximum absolute atomic E-state index is 5.81. The molecule has 106 valence electrons. The van der Waals surface area contributed by atoms with Gasteiger partial charge in [-0.05, 0) is 44.4 Å². The minimum absolute atomic E-state index is 0.399. The lowest BCUT2D eigenvalue weighted by molar-refractivity contribution is 0.0562. The van der Waals surface area contributed by atoms with Gasteiger partial charge in [-0.15, -0.1) is 0 Å². The molecule has 0 bridgehead atoms. The molecular formula is C17H22N2O. The van der Waals surface area contributed by atoms with Gasteiger partial charge >= 0.3 is 0 Å². The van der Waals surface area contributed by atoms with Gasteiger partial charge < -0.3 is 10.1 Å². The molecule has 2 atom stereocenters. The molecule has 0 spiro atoms. The molecule has 2 unspecified atom stereocenters. The van der Waals surface area contributed by atoms with Crippen LogP contribution in [0.15, 0.2) is 36.5 Å². The second kappa shape index (κ2) is 6.33. The van der Waals surface area contributed by atoms with Crippen LogP contribution in [0.1, 0.15) is 25.3 Å². The van der Waals surface area contributed by atoms with Crippen LogP contribution in [-0.2, 0) is 11.2 Å². The Morgan fingerprint density at radius 3 is 3.00 bits per heavy atom. The molecule has 1 N–H and O–H groups in total. The molecule has 1 aromatic heterocycles. The molecule has 3 heteroatoms. The average Bonchev–Trinajstić information content (AvgIpc) is 2.89. The summed E-state index contributed by atoms with van der Waals surface area (Å²) in [6.07, 6.45) is 6.09. The fourth-order valence-corrected chi connectivity index (χ4v) is 2.89. The highest BCUT2D eigenvalue weighted by Gasteiger charge is 2.20. The van der Waals surface area contributed by atoms with Gasteiger partial charge in [0.25, 0.3) is 0 Å². The zero-order chi connectivity index (χ0) is 13.8. The molecule has 0 aliphatic carbocycles. The third kappa shape index (κ3) is 3.17. The molecule has 1 aromatic carbocycles. The molecule has 0 amide bonds. The average molecular weight is 270 g/mol. The minimum Gasteiger partial charge on any atom is -0.374 e. The predicted molar refractivity (Wildman–Crippen MR) is 81.9 cm³/mol. The van der Waals surface area contributed by atoms with Gasteiger partial charge in [0, 0.05) is 18.1 Å². The number of pyridine rings is 1. The van der Waals surface area contributed by atoms with Crippen LogP contribution in [0.2, 0.25) is 0 Å². The molecular weight excluding hydrogens is 248 g/mol. The molecule has 20 heavy (non-hydrogen) atoms. The molecule has 1 aliphatic heterocycles. The number of nitrogens with zero attached hydrogens (tertiary/aromatic N) is 1. The van der Waals surface area contributed by atoms with E-state index in [-0.39, 0.29) is 0 Å². The van der Waals surface area contributed by atoms with E-state index in [2.05, 4.69) is 41.5 Å². The van der Waals surface area contributed by atoms with E-state index >= 15 is 0 Å². The van der Waals surface area contributed by atoms with Crippen LogP contribution >= 0.6 is 0 Å². The highest BCUT2D eigenvalue weighted by molar-refractivity contribution is 5.81. The van der Waals surface area contributed by atoms with Crippen LogP contribution in [0.3, 0.4) is 0 Å². The van der Waals surface area contributed by atoms with E-state index in [9.17, 15) is 0 Å². The van der Waals surface area contributed by atoms with E-state index in [4.69, 9.17) is 4.74 Å². The van der Waals surface area contributed by atoms with Crippen LogP contribution < -0.4 is 5.32 Å². The van der Waals surface area contributed by atoms with E-state index in [1.54, 1.807) is 0 Å².